The van der Waals surface area contributed by atoms with Crippen LogP contribution in [0.5, 0.6) is 0 Å². The molecular weight excluding hydrogens is 937 g/mol. The second kappa shape index (κ2) is 64.1. The average Bonchev–Trinajstić information content (AvgIpc) is 3.42. The molecule has 0 aromatic rings. The Hall–Kier alpha value is -3.41. The number of hydrogen-bond acceptors (Lipinski definition) is 6. The van der Waals surface area contributed by atoms with Crippen LogP contribution in [0.25, 0.3) is 0 Å². The minimum absolute atomic E-state index is 0.0783. The highest BCUT2D eigenvalue weighted by molar-refractivity contribution is 5.71. The van der Waals surface area contributed by atoms with Crippen molar-refractivity contribution >= 4 is 17.9 Å². The summed E-state index contributed by atoms with van der Waals surface area (Å²) in [5.41, 5.74) is 0. The van der Waals surface area contributed by atoms with Gasteiger partial charge in [-0.15, -0.1) is 0 Å². The molecule has 0 amide bonds. The van der Waals surface area contributed by atoms with E-state index in [0.717, 1.165) is 103 Å². The van der Waals surface area contributed by atoms with Gasteiger partial charge in [0.2, 0.25) is 0 Å². The summed E-state index contributed by atoms with van der Waals surface area (Å²) in [5, 5.41) is 0. The highest BCUT2D eigenvalue weighted by Crippen LogP contribution is 2.16. The number of ether oxygens (including phenoxy) is 3. The molecule has 0 saturated carbocycles. The average molecular weight is 1060 g/mol. The lowest BCUT2D eigenvalue weighted by Crippen LogP contribution is -2.30. The first-order chi connectivity index (χ1) is 37.5. The van der Waals surface area contributed by atoms with Crippen molar-refractivity contribution in [3.63, 3.8) is 0 Å². The molecule has 0 radical (unpaired) electrons. The Morgan fingerprint density at radius 3 is 0.803 bits per heavy atom. The van der Waals surface area contributed by atoms with E-state index in [1.54, 1.807) is 0 Å². The molecular formula is C70H122O6. The maximum atomic E-state index is 12.9. The van der Waals surface area contributed by atoms with Crippen LogP contribution in [-0.4, -0.2) is 37.2 Å². The van der Waals surface area contributed by atoms with Crippen molar-refractivity contribution in [3.8, 4) is 0 Å². The zero-order chi connectivity index (χ0) is 55.0. The second-order valence-corrected chi connectivity index (χ2v) is 21.6. The molecule has 0 spiro atoms. The largest absolute Gasteiger partial charge is 0.462 e. The lowest BCUT2D eigenvalue weighted by molar-refractivity contribution is -0.167. The van der Waals surface area contributed by atoms with E-state index in [4.69, 9.17) is 14.2 Å². The van der Waals surface area contributed by atoms with Crippen LogP contribution in [0.4, 0.5) is 0 Å². The van der Waals surface area contributed by atoms with Gasteiger partial charge in [-0.25, -0.2) is 0 Å². The maximum absolute atomic E-state index is 12.9. The smallest absolute Gasteiger partial charge is 0.306 e. The van der Waals surface area contributed by atoms with E-state index in [2.05, 4.69) is 106 Å². The zero-order valence-corrected chi connectivity index (χ0v) is 50.3. The quantitative estimate of drug-likeness (QED) is 0.0261. The van der Waals surface area contributed by atoms with Gasteiger partial charge in [-0.1, -0.05) is 292 Å². The third-order valence-corrected chi connectivity index (χ3v) is 14.1. The summed E-state index contributed by atoms with van der Waals surface area (Å²) < 4.78 is 16.9. The van der Waals surface area contributed by atoms with E-state index >= 15 is 0 Å². The van der Waals surface area contributed by atoms with Crippen molar-refractivity contribution in [2.75, 3.05) is 13.2 Å². The van der Waals surface area contributed by atoms with Crippen LogP contribution in [0.3, 0.4) is 0 Å². The monoisotopic (exact) mass is 1060 g/mol. The molecule has 0 aliphatic heterocycles. The number of rotatable bonds is 59. The molecule has 0 saturated heterocycles. The molecule has 0 rings (SSSR count). The highest BCUT2D eigenvalue weighted by Gasteiger charge is 2.19. The van der Waals surface area contributed by atoms with Crippen LogP contribution in [0.15, 0.2) is 85.1 Å². The summed E-state index contributed by atoms with van der Waals surface area (Å²) in [6.45, 7) is 6.54. The summed E-state index contributed by atoms with van der Waals surface area (Å²) in [6.07, 6.45) is 84.4. The van der Waals surface area contributed by atoms with Gasteiger partial charge in [-0.05, 0) is 96.3 Å². The fourth-order valence-electron chi connectivity index (χ4n) is 9.27. The van der Waals surface area contributed by atoms with Crippen LogP contribution in [0.2, 0.25) is 0 Å². The predicted octanol–water partition coefficient (Wildman–Crippen LogP) is 22.3. The summed E-state index contributed by atoms with van der Waals surface area (Å²) in [4.78, 5) is 38.3. The minimum Gasteiger partial charge on any atom is -0.462 e. The van der Waals surface area contributed by atoms with Crippen LogP contribution >= 0.6 is 0 Å². The van der Waals surface area contributed by atoms with Gasteiger partial charge < -0.3 is 14.2 Å². The van der Waals surface area contributed by atoms with E-state index in [1.807, 2.05) is 0 Å². The Morgan fingerprint density at radius 2 is 0.513 bits per heavy atom. The zero-order valence-electron chi connectivity index (χ0n) is 50.3. The lowest BCUT2D eigenvalue weighted by atomic mass is 10.0. The third-order valence-electron chi connectivity index (χ3n) is 14.1. The minimum atomic E-state index is -0.782. The molecule has 0 aromatic heterocycles. The van der Waals surface area contributed by atoms with E-state index in [9.17, 15) is 14.4 Å². The van der Waals surface area contributed by atoms with E-state index in [-0.39, 0.29) is 31.1 Å². The standard InChI is InChI=1S/C70H122O6/c1-4-7-10-13-16-19-22-25-27-29-31-33-34-35-36-38-39-41-43-45-48-51-54-57-60-63-69(72)75-66-67(65-74-68(71)62-59-56-53-50-47-24-21-18-15-12-9-6-3)76-70(73)64-61-58-55-52-49-46-44-42-40-37-32-30-28-26-23-20-17-14-11-8-5-2/h8,11,17,20,22,25-26,28-29,31-32,34-35,37,67H,4-7,9-10,12-16,18-19,21,23-24,27,30,33,36,38-66H2,1-3H3/b11-8-,20-17-,25-22-,28-26-,31-29-,35-34-,37-32-. The van der Waals surface area contributed by atoms with Crippen molar-refractivity contribution in [1.82, 2.24) is 0 Å². The van der Waals surface area contributed by atoms with Gasteiger partial charge in [-0.3, -0.25) is 14.4 Å². The van der Waals surface area contributed by atoms with Crippen molar-refractivity contribution in [2.24, 2.45) is 0 Å². The lowest BCUT2D eigenvalue weighted by Gasteiger charge is -2.18. The van der Waals surface area contributed by atoms with Gasteiger partial charge in [0.05, 0.1) is 0 Å². The number of carbonyl (C=O) groups excluding carboxylic acids is 3. The van der Waals surface area contributed by atoms with Gasteiger partial charge >= 0.3 is 17.9 Å². The Kier molecular flexibility index (Phi) is 61.2. The summed E-state index contributed by atoms with van der Waals surface area (Å²) in [7, 11) is 0. The molecule has 0 aromatic carbocycles. The highest BCUT2D eigenvalue weighted by atomic mass is 16.6. The topological polar surface area (TPSA) is 78.9 Å². The van der Waals surface area contributed by atoms with Crippen molar-refractivity contribution in [2.45, 2.75) is 329 Å². The van der Waals surface area contributed by atoms with Gasteiger partial charge in [0, 0.05) is 19.3 Å². The third kappa shape index (κ3) is 61.4. The van der Waals surface area contributed by atoms with E-state index in [1.165, 1.54) is 180 Å². The summed E-state index contributed by atoms with van der Waals surface area (Å²) >= 11 is 0. The van der Waals surface area contributed by atoms with Gasteiger partial charge in [-0.2, -0.15) is 0 Å². The van der Waals surface area contributed by atoms with Crippen molar-refractivity contribution < 1.29 is 28.6 Å². The molecule has 76 heavy (non-hydrogen) atoms. The second-order valence-electron chi connectivity index (χ2n) is 21.6. The summed E-state index contributed by atoms with van der Waals surface area (Å²) in [6, 6.07) is 0. The van der Waals surface area contributed by atoms with Crippen LogP contribution in [-0.2, 0) is 28.6 Å². The molecule has 0 heterocycles. The molecule has 0 fully saturated rings. The number of allylic oxidation sites excluding steroid dienone is 14. The first kappa shape index (κ1) is 72.6. The molecule has 0 aliphatic rings. The normalized spacial score (nSPS) is 12.6. The predicted molar refractivity (Wildman–Crippen MR) is 330 cm³/mol. The molecule has 6 heteroatoms. The Labute approximate surface area is 471 Å². The van der Waals surface area contributed by atoms with E-state index < -0.39 is 6.10 Å². The Morgan fingerprint density at radius 1 is 0.276 bits per heavy atom. The molecule has 1 unspecified atom stereocenters. The van der Waals surface area contributed by atoms with Gasteiger partial charge in [0.1, 0.15) is 13.2 Å². The number of carbonyl (C=O) groups is 3. The Bertz CT molecular complexity index is 1450. The van der Waals surface area contributed by atoms with Gasteiger partial charge in [0.25, 0.3) is 0 Å². The fraction of sp³-hybridized carbons (Fsp3) is 0.757. The molecule has 1 atom stereocenters. The molecule has 0 N–H and O–H groups in total. The van der Waals surface area contributed by atoms with Crippen LogP contribution in [0, 0.1) is 0 Å². The number of esters is 3. The Balaban J connectivity index is 4.31. The van der Waals surface area contributed by atoms with Crippen LogP contribution in [0.1, 0.15) is 323 Å². The van der Waals surface area contributed by atoms with Gasteiger partial charge in [0.15, 0.2) is 6.10 Å². The number of unbranched alkanes of at least 4 members (excludes halogenated alkanes) is 34. The molecule has 0 bridgehead atoms. The summed E-state index contributed by atoms with van der Waals surface area (Å²) in [5.74, 6) is -0.877. The fourth-order valence-corrected chi connectivity index (χ4v) is 9.27. The molecule has 438 valence electrons. The van der Waals surface area contributed by atoms with E-state index in [0.29, 0.717) is 19.3 Å². The molecule has 6 nitrogen and oxygen atoms in total. The first-order valence-electron chi connectivity index (χ1n) is 32.6. The number of hydrogen-bond donors (Lipinski definition) is 0. The molecule has 0 aliphatic carbocycles. The maximum Gasteiger partial charge on any atom is 0.306 e. The first-order valence-corrected chi connectivity index (χ1v) is 32.6. The van der Waals surface area contributed by atoms with Crippen molar-refractivity contribution in [1.29, 1.82) is 0 Å². The van der Waals surface area contributed by atoms with Crippen LogP contribution < -0.4 is 0 Å². The SMILES string of the molecule is CC/C=C\C/C=C\C/C=C\C/C=C\CCCCCCCCCCC(=O)OC(COC(=O)CCCCCCCCCCCC/C=C\C/C=C\C/C=C\CCCCCCC)COC(=O)CCCCCCCCCCCCCC. The van der Waals surface area contributed by atoms with Crippen molar-refractivity contribution in [3.05, 3.63) is 85.1 Å².